The Labute approximate surface area is 119 Å². The van der Waals surface area contributed by atoms with Gasteiger partial charge in [-0.3, -0.25) is 0 Å². The maximum absolute atomic E-state index is 12.4. The average Bonchev–Trinajstić information content (AvgIpc) is 2.85. The first kappa shape index (κ1) is 15.0. The normalized spacial score (nSPS) is 18.1. The molecule has 0 spiro atoms. The zero-order valence-electron chi connectivity index (χ0n) is 11.4. The molecule has 0 radical (unpaired) electrons. The molecule has 1 fully saturated rings. The lowest BCUT2D eigenvalue weighted by Crippen LogP contribution is -2.41. The number of hydrogen-bond donors (Lipinski definition) is 1. The largest absolute Gasteiger partial charge is 0.389 e. The molecule has 5 nitrogen and oxygen atoms in total. The number of nitrogens with zero attached hydrogens (tertiary/aromatic N) is 2. The van der Waals surface area contributed by atoms with Gasteiger partial charge < -0.3 is 5.11 Å². The molecule has 1 saturated carbocycles. The van der Waals surface area contributed by atoms with Crippen LogP contribution in [0.3, 0.4) is 0 Å². The molecule has 1 aromatic rings. The minimum absolute atomic E-state index is 0.106. The highest BCUT2D eigenvalue weighted by molar-refractivity contribution is 7.89. The molecule has 0 aliphatic heterocycles. The van der Waals surface area contributed by atoms with Crippen LogP contribution in [0.1, 0.15) is 31.2 Å². The van der Waals surface area contributed by atoms with Crippen LogP contribution in [-0.4, -0.2) is 37.0 Å². The Morgan fingerprint density at radius 1 is 1.30 bits per heavy atom. The summed E-state index contributed by atoms with van der Waals surface area (Å²) in [4.78, 5) is 0.139. The minimum Gasteiger partial charge on any atom is -0.389 e. The second-order valence-corrected chi connectivity index (χ2v) is 7.37. The fourth-order valence-corrected chi connectivity index (χ4v) is 3.82. The lowest BCUT2D eigenvalue weighted by Gasteiger charge is -2.28. The minimum atomic E-state index is -3.63. The Hall–Kier alpha value is -1.42. The zero-order valence-corrected chi connectivity index (χ0v) is 12.2. The van der Waals surface area contributed by atoms with E-state index >= 15 is 0 Å². The highest BCUT2D eigenvalue weighted by Crippen LogP contribution is 2.31. The summed E-state index contributed by atoms with van der Waals surface area (Å²) in [5.74, 6) is 0. The lowest BCUT2D eigenvalue weighted by atomic mass is 10.0. The molecule has 0 heterocycles. The Morgan fingerprint density at radius 3 is 2.35 bits per heavy atom. The molecule has 0 amide bonds. The van der Waals surface area contributed by atoms with Crippen molar-refractivity contribution in [2.75, 3.05) is 13.6 Å². The third-order valence-corrected chi connectivity index (χ3v) is 5.56. The van der Waals surface area contributed by atoms with Gasteiger partial charge in [0.05, 0.1) is 22.1 Å². The lowest BCUT2D eigenvalue weighted by molar-refractivity contribution is 0.0333. The molecule has 2 rings (SSSR count). The van der Waals surface area contributed by atoms with E-state index in [2.05, 4.69) is 0 Å². The number of aliphatic hydroxyl groups is 1. The maximum Gasteiger partial charge on any atom is 0.242 e. The Balaban J connectivity index is 2.18. The predicted molar refractivity (Wildman–Crippen MR) is 74.4 cm³/mol. The van der Waals surface area contributed by atoms with Crippen molar-refractivity contribution in [2.45, 2.75) is 36.2 Å². The van der Waals surface area contributed by atoms with Crippen molar-refractivity contribution in [1.82, 2.24) is 4.31 Å². The smallest absolute Gasteiger partial charge is 0.242 e. The molecule has 0 atom stereocenters. The van der Waals surface area contributed by atoms with Crippen LogP contribution < -0.4 is 0 Å². The van der Waals surface area contributed by atoms with Crippen LogP contribution >= 0.6 is 0 Å². The molecule has 0 unspecified atom stereocenters. The summed E-state index contributed by atoms with van der Waals surface area (Å²) in [5.41, 5.74) is -0.491. The van der Waals surface area contributed by atoms with Crippen LogP contribution in [0.25, 0.3) is 0 Å². The fraction of sp³-hybridized carbons (Fsp3) is 0.500. The van der Waals surface area contributed by atoms with Crippen LogP contribution in [-0.2, 0) is 10.0 Å². The summed E-state index contributed by atoms with van der Waals surface area (Å²) in [6, 6.07) is 7.75. The van der Waals surface area contributed by atoms with Gasteiger partial charge in [-0.15, -0.1) is 0 Å². The van der Waals surface area contributed by atoms with Gasteiger partial charge in [0.2, 0.25) is 10.0 Å². The number of benzene rings is 1. The van der Waals surface area contributed by atoms with E-state index in [1.807, 2.05) is 6.07 Å². The van der Waals surface area contributed by atoms with Gasteiger partial charge in [-0.25, -0.2) is 8.42 Å². The first-order chi connectivity index (χ1) is 9.37. The van der Waals surface area contributed by atoms with E-state index in [1.54, 1.807) is 0 Å². The van der Waals surface area contributed by atoms with E-state index in [1.165, 1.54) is 35.6 Å². The van der Waals surface area contributed by atoms with Crippen LogP contribution in [0.4, 0.5) is 0 Å². The molecule has 0 aromatic heterocycles. The standard InChI is InChI=1S/C14H18N2O3S/c1-16(11-14(17)8-2-3-9-14)20(18,19)13-6-4-12(10-15)5-7-13/h4-7,17H,2-3,8-9,11H2,1H3. The van der Waals surface area contributed by atoms with E-state index in [0.29, 0.717) is 18.4 Å². The molecule has 108 valence electrons. The molecule has 1 aliphatic rings. The van der Waals surface area contributed by atoms with Crippen molar-refractivity contribution < 1.29 is 13.5 Å². The van der Waals surface area contributed by atoms with E-state index in [9.17, 15) is 13.5 Å². The van der Waals surface area contributed by atoms with Crippen molar-refractivity contribution in [3.8, 4) is 6.07 Å². The van der Waals surface area contributed by atoms with Gasteiger partial charge in [0.1, 0.15) is 0 Å². The summed E-state index contributed by atoms with van der Waals surface area (Å²) in [6.45, 7) is 0.106. The number of likely N-dealkylation sites (N-methyl/N-ethyl adjacent to an activating group) is 1. The number of rotatable bonds is 4. The van der Waals surface area contributed by atoms with Gasteiger partial charge >= 0.3 is 0 Å². The summed E-state index contributed by atoms with van der Waals surface area (Å²) in [5, 5.41) is 19.0. The van der Waals surface area contributed by atoms with Gasteiger partial charge in [-0.1, -0.05) is 12.8 Å². The third kappa shape index (κ3) is 3.01. The molecule has 6 heteroatoms. The summed E-state index contributed by atoms with van der Waals surface area (Å²) in [7, 11) is -2.15. The van der Waals surface area contributed by atoms with Crippen molar-refractivity contribution in [3.63, 3.8) is 0 Å². The van der Waals surface area contributed by atoms with Gasteiger partial charge in [0.15, 0.2) is 0 Å². The Kier molecular flexibility index (Phi) is 4.14. The van der Waals surface area contributed by atoms with Crippen LogP contribution in [0.5, 0.6) is 0 Å². The summed E-state index contributed by atoms with van der Waals surface area (Å²) >= 11 is 0. The molecule has 0 bridgehead atoms. The zero-order chi connectivity index (χ0) is 14.8. The molecular weight excluding hydrogens is 276 g/mol. The van der Waals surface area contributed by atoms with Gasteiger partial charge in [-0.2, -0.15) is 9.57 Å². The first-order valence-corrected chi connectivity index (χ1v) is 8.00. The first-order valence-electron chi connectivity index (χ1n) is 6.56. The molecule has 1 N–H and O–H groups in total. The SMILES string of the molecule is CN(CC1(O)CCCC1)S(=O)(=O)c1ccc(C#N)cc1. The van der Waals surface area contributed by atoms with Gasteiger partial charge in [0.25, 0.3) is 0 Å². The van der Waals surface area contributed by atoms with Crippen molar-refractivity contribution in [3.05, 3.63) is 29.8 Å². The van der Waals surface area contributed by atoms with E-state index in [4.69, 9.17) is 5.26 Å². The Morgan fingerprint density at radius 2 is 1.85 bits per heavy atom. The second kappa shape index (κ2) is 5.52. The van der Waals surface area contributed by atoms with Crippen LogP contribution in [0.2, 0.25) is 0 Å². The van der Waals surface area contributed by atoms with E-state index in [-0.39, 0.29) is 11.4 Å². The fourth-order valence-electron chi connectivity index (χ4n) is 2.57. The van der Waals surface area contributed by atoms with Gasteiger partial charge in [0, 0.05) is 13.6 Å². The molecule has 1 aliphatic carbocycles. The topological polar surface area (TPSA) is 81.4 Å². The van der Waals surface area contributed by atoms with Crippen LogP contribution in [0, 0.1) is 11.3 Å². The van der Waals surface area contributed by atoms with Gasteiger partial charge in [-0.05, 0) is 37.1 Å². The molecule has 1 aromatic carbocycles. The predicted octanol–water partition coefficient (Wildman–Crippen LogP) is 1.48. The summed E-state index contributed by atoms with van der Waals surface area (Å²) in [6.07, 6.45) is 3.14. The third-order valence-electron chi connectivity index (χ3n) is 3.74. The average molecular weight is 294 g/mol. The van der Waals surface area contributed by atoms with E-state index < -0.39 is 15.6 Å². The Bertz CT molecular complexity index is 611. The van der Waals surface area contributed by atoms with Crippen molar-refractivity contribution >= 4 is 10.0 Å². The molecule has 0 saturated heterocycles. The van der Waals surface area contributed by atoms with Crippen LogP contribution in [0.15, 0.2) is 29.2 Å². The highest BCUT2D eigenvalue weighted by atomic mass is 32.2. The highest BCUT2D eigenvalue weighted by Gasteiger charge is 2.35. The monoisotopic (exact) mass is 294 g/mol. The van der Waals surface area contributed by atoms with Crippen molar-refractivity contribution in [1.29, 1.82) is 5.26 Å². The van der Waals surface area contributed by atoms with Crippen molar-refractivity contribution in [2.24, 2.45) is 0 Å². The number of sulfonamides is 1. The maximum atomic E-state index is 12.4. The summed E-state index contributed by atoms with van der Waals surface area (Å²) < 4.78 is 26.0. The quantitative estimate of drug-likeness (QED) is 0.912. The number of hydrogen-bond acceptors (Lipinski definition) is 4. The second-order valence-electron chi connectivity index (χ2n) is 5.33. The molecule has 20 heavy (non-hydrogen) atoms. The number of nitriles is 1. The molecular formula is C14H18N2O3S. The van der Waals surface area contributed by atoms with E-state index in [0.717, 1.165) is 12.8 Å².